The fourth-order valence-electron chi connectivity index (χ4n) is 2.41. The average Bonchev–Trinajstić information content (AvgIpc) is 2.86. The average molecular weight is 397 g/mol. The zero-order valence-corrected chi connectivity index (χ0v) is 15.8. The third-order valence-corrected chi connectivity index (χ3v) is 4.45. The summed E-state index contributed by atoms with van der Waals surface area (Å²) in [6.07, 6.45) is -0.0743. The lowest BCUT2D eigenvalue weighted by Gasteiger charge is -2.41. The van der Waals surface area contributed by atoms with Crippen LogP contribution in [0.1, 0.15) is 44.5 Å². The third kappa shape index (κ3) is 3.37. The Morgan fingerprint density at radius 1 is 1.42 bits per heavy atom. The van der Waals surface area contributed by atoms with Gasteiger partial charge in [-0.15, -0.1) is 0 Å². The van der Waals surface area contributed by atoms with E-state index in [0.29, 0.717) is 5.56 Å². The monoisotopic (exact) mass is 396 g/mol. The summed E-state index contributed by atoms with van der Waals surface area (Å²) in [4.78, 5) is 24.9. The lowest BCUT2D eigenvalue weighted by molar-refractivity contribution is -0.144. The second-order valence-electron chi connectivity index (χ2n) is 6.64. The Hall–Kier alpha value is -1.73. The smallest absolute Gasteiger partial charge is 0.354 e. The first-order chi connectivity index (χ1) is 11.1. The molecule has 1 aromatic carbocycles. The number of nitrogens with zero attached hydrogens (tertiary/aromatic N) is 2. The van der Waals surface area contributed by atoms with E-state index in [0.717, 1.165) is 9.48 Å². The van der Waals surface area contributed by atoms with Crippen LogP contribution in [-0.4, -0.2) is 40.0 Å². The van der Waals surface area contributed by atoms with Crippen molar-refractivity contribution in [3.63, 3.8) is 0 Å². The molecule has 0 saturated heterocycles. The van der Waals surface area contributed by atoms with Crippen molar-refractivity contribution in [3.8, 4) is 0 Å². The maximum atomic E-state index is 12.9. The lowest BCUT2D eigenvalue weighted by Crippen LogP contribution is -2.55. The molecule has 1 aliphatic rings. The number of aliphatic hydroxyl groups is 1. The molecule has 0 spiro atoms. The molecular formula is C17H21BrN2O4. The summed E-state index contributed by atoms with van der Waals surface area (Å²) in [6, 6.07) is 6.79. The minimum Gasteiger partial charge on any atom is -0.461 e. The number of carbonyl (C=O) groups excluding carboxylic acids is 2. The Balaban J connectivity index is 2.45. The van der Waals surface area contributed by atoms with Crippen LogP contribution in [0.4, 0.5) is 0 Å². The van der Waals surface area contributed by atoms with E-state index in [4.69, 9.17) is 4.74 Å². The van der Waals surface area contributed by atoms with E-state index in [1.165, 1.54) is 0 Å². The quantitative estimate of drug-likeness (QED) is 0.796. The van der Waals surface area contributed by atoms with Crippen molar-refractivity contribution in [3.05, 3.63) is 34.3 Å². The first-order valence-electron chi connectivity index (χ1n) is 7.67. The minimum atomic E-state index is -1.62. The summed E-state index contributed by atoms with van der Waals surface area (Å²) in [7, 11) is 0. The Bertz CT molecular complexity index is 696. The van der Waals surface area contributed by atoms with E-state index in [-0.39, 0.29) is 18.7 Å². The van der Waals surface area contributed by atoms with Gasteiger partial charge in [-0.05, 0) is 25.1 Å². The van der Waals surface area contributed by atoms with Crippen LogP contribution in [0, 0.1) is 5.41 Å². The van der Waals surface area contributed by atoms with Crippen molar-refractivity contribution in [2.45, 2.75) is 39.8 Å². The van der Waals surface area contributed by atoms with Gasteiger partial charge in [0.05, 0.1) is 6.61 Å². The number of benzene rings is 1. The maximum Gasteiger partial charge on any atom is 0.354 e. The van der Waals surface area contributed by atoms with Crippen LogP contribution in [-0.2, 0) is 9.53 Å². The molecule has 2 rings (SSSR count). The fourth-order valence-corrected chi connectivity index (χ4v) is 2.81. The number of carbonyl (C=O) groups is 2. The molecule has 0 saturated carbocycles. The fraction of sp³-hybridized carbons (Fsp3) is 0.471. The molecular weight excluding hydrogens is 376 g/mol. The molecule has 0 unspecified atom stereocenters. The summed E-state index contributed by atoms with van der Waals surface area (Å²) >= 11 is 3.32. The highest BCUT2D eigenvalue weighted by molar-refractivity contribution is 9.10. The number of ether oxygens (including phenoxy) is 1. The number of hydrogen-bond acceptors (Lipinski definition) is 5. The van der Waals surface area contributed by atoms with E-state index in [1.807, 2.05) is 0 Å². The third-order valence-electron chi connectivity index (χ3n) is 3.96. The Kier molecular flexibility index (Phi) is 5.15. The Labute approximate surface area is 149 Å². The highest BCUT2D eigenvalue weighted by Crippen LogP contribution is 2.41. The van der Waals surface area contributed by atoms with Crippen LogP contribution in [0.3, 0.4) is 0 Å². The van der Waals surface area contributed by atoms with E-state index in [9.17, 15) is 14.7 Å². The molecule has 6 nitrogen and oxygen atoms in total. The lowest BCUT2D eigenvalue weighted by atomic mass is 9.80. The van der Waals surface area contributed by atoms with Crippen LogP contribution in [0.25, 0.3) is 0 Å². The summed E-state index contributed by atoms with van der Waals surface area (Å²) in [5, 5.41) is 16.2. The SMILES string of the molecule is CCOC(=O)C1=NN(C(=O)c2cccc(Br)c2)[C@@](O)(C(C)(C)C)C1. The van der Waals surface area contributed by atoms with E-state index >= 15 is 0 Å². The summed E-state index contributed by atoms with van der Waals surface area (Å²) < 4.78 is 5.70. The van der Waals surface area contributed by atoms with Gasteiger partial charge in [0.1, 0.15) is 0 Å². The highest BCUT2D eigenvalue weighted by Gasteiger charge is 2.54. The number of halogens is 1. The van der Waals surface area contributed by atoms with Gasteiger partial charge in [-0.1, -0.05) is 42.8 Å². The molecule has 1 atom stereocenters. The number of hydrogen-bond donors (Lipinski definition) is 1. The van der Waals surface area contributed by atoms with Crippen LogP contribution < -0.4 is 0 Å². The van der Waals surface area contributed by atoms with E-state index in [2.05, 4.69) is 21.0 Å². The van der Waals surface area contributed by atoms with Gasteiger partial charge in [0, 0.05) is 21.9 Å². The second-order valence-corrected chi connectivity index (χ2v) is 7.55. The molecule has 0 fully saturated rings. The van der Waals surface area contributed by atoms with Crippen molar-refractivity contribution in [1.29, 1.82) is 0 Å². The van der Waals surface area contributed by atoms with Crippen molar-refractivity contribution in [1.82, 2.24) is 5.01 Å². The van der Waals surface area contributed by atoms with Gasteiger partial charge in [0.2, 0.25) is 0 Å². The molecule has 0 aliphatic carbocycles. The van der Waals surface area contributed by atoms with E-state index < -0.39 is 23.0 Å². The van der Waals surface area contributed by atoms with Gasteiger partial charge >= 0.3 is 5.97 Å². The zero-order valence-electron chi connectivity index (χ0n) is 14.2. The van der Waals surface area contributed by atoms with Crippen molar-refractivity contribution in [2.75, 3.05) is 6.61 Å². The molecule has 24 heavy (non-hydrogen) atoms. The molecule has 0 bridgehead atoms. The molecule has 130 valence electrons. The van der Waals surface area contributed by atoms with Gasteiger partial charge in [-0.2, -0.15) is 10.1 Å². The number of amides is 1. The van der Waals surface area contributed by atoms with Crippen molar-refractivity contribution in [2.24, 2.45) is 10.5 Å². The highest BCUT2D eigenvalue weighted by atomic mass is 79.9. The van der Waals surface area contributed by atoms with Crippen LogP contribution in [0.15, 0.2) is 33.8 Å². The first kappa shape index (κ1) is 18.6. The van der Waals surface area contributed by atoms with Crippen molar-refractivity contribution >= 4 is 33.5 Å². The topological polar surface area (TPSA) is 79.2 Å². The molecule has 1 aliphatic heterocycles. The number of esters is 1. The predicted molar refractivity (Wildman–Crippen MR) is 93.4 cm³/mol. The summed E-state index contributed by atoms with van der Waals surface area (Å²) in [6.45, 7) is 7.26. The molecule has 1 N–H and O–H groups in total. The first-order valence-corrected chi connectivity index (χ1v) is 8.46. The molecule has 1 heterocycles. The largest absolute Gasteiger partial charge is 0.461 e. The molecule has 0 aromatic heterocycles. The molecule has 1 aromatic rings. The molecule has 7 heteroatoms. The van der Waals surface area contributed by atoms with Gasteiger partial charge in [-0.25, -0.2) is 4.79 Å². The normalized spacial score (nSPS) is 20.8. The summed E-state index contributed by atoms with van der Waals surface area (Å²) in [5.41, 5.74) is -1.93. The second kappa shape index (κ2) is 6.64. The van der Waals surface area contributed by atoms with Gasteiger partial charge in [-0.3, -0.25) is 4.79 Å². The zero-order chi connectivity index (χ0) is 18.1. The van der Waals surface area contributed by atoms with Crippen LogP contribution >= 0.6 is 15.9 Å². The summed E-state index contributed by atoms with van der Waals surface area (Å²) in [5.74, 6) is -1.10. The van der Waals surface area contributed by atoms with Crippen molar-refractivity contribution < 1.29 is 19.4 Å². The molecule has 1 amide bonds. The Morgan fingerprint density at radius 2 is 2.08 bits per heavy atom. The number of hydrazone groups is 1. The van der Waals surface area contributed by atoms with Gasteiger partial charge < -0.3 is 9.84 Å². The molecule has 0 radical (unpaired) electrons. The minimum absolute atomic E-state index is 0.0395. The van der Waals surface area contributed by atoms with Gasteiger partial charge in [0.25, 0.3) is 5.91 Å². The van der Waals surface area contributed by atoms with Crippen LogP contribution in [0.2, 0.25) is 0 Å². The standard InChI is InChI=1S/C17H21BrN2O4/c1-5-24-15(22)13-10-17(23,16(2,3)4)20(19-13)14(21)11-7-6-8-12(18)9-11/h6-9,23H,5,10H2,1-4H3/t17-/m0/s1. The van der Waals surface area contributed by atoms with Crippen LogP contribution in [0.5, 0.6) is 0 Å². The van der Waals surface area contributed by atoms with E-state index in [1.54, 1.807) is 52.0 Å². The Morgan fingerprint density at radius 3 is 2.62 bits per heavy atom. The predicted octanol–water partition coefficient (Wildman–Crippen LogP) is 2.95. The van der Waals surface area contributed by atoms with Gasteiger partial charge in [0.15, 0.2) is 11.4 Å². The number of rotatable bonds is 3. The maximum absolute atomic E-state index is 12.9.